The van der Waals surface area contributed by atoms with E-state index in [-0.39, 0.29) is 34.1 Å². The fraction of sp³-hybridized carbons (Fsp3) is 0.933. The van der Waals surface area contributed by atoms with E-state index in [1.165, 1.54) is 0 Å². The van der Waals surface area contributed by atoms with Crippen molar-refractivity contribution in [3.05, 3.63) is 0 Å². The summed E-state index contributed by atoms with van der Waals surface area (Å²) in [5.74, 6) is 0. The normalized spacial score (nSPS) is 13.4. The molecule has 0 bridgehead atoms. The van der Waals surface area contributed by atoms with Crippen molar-refractivity contribution in [1.29, 1.82) is 5.26 Å². The van der Waals surface area contributed by atoms with Gasteiger partial charge in [0.15, 0.2) is 0 Å². The molecule has 4 nitrogen and oxygen atoms in total. The molecular formula is C15H37N3OP2. The molecule has 0 heterocycles. The molecule has 0 aromatic heterocycles. The standard InChI is InChI=1S/C15H34N3OP.H3P/c1-12(2)17(13(3)4)20(19,11-9-10-16)18(14(5)6)15(7)8;/h12-15,19-20H,9,11H2,1-8H3;1H3. The molecule has 0 aliphatic heterocycles. The third-order valence-corrected chi connectivity index (χ3v) is 8.27. The summed E-state index contributed by atoms with van der Waals surface area (Å²) in [7, 11) is -2.84. The smallest absolute Gasteiger partial charge is 0.153 e. The quantitative estimate of drug-likeness (QED) is 0.687. The molecule has 21 heavy (non-hydrogen) atoms. The van der Waals surface area contributed by atoms with Crippen molar-refractivity contribution in [2.24, 2.45) is 0 Å². The molecule has 0 aromatic rings. The topological polar surface area (TPSA) is 50.5 Å². The van der Waals surface area contributed by atoms with E-state index in [1.54, 1.807) is 0 Å². The third-order valence-electron chi connectivity index (χ3n) is 3.62. The molecule has 0 saturated carbocycles. The van der Waals surface area contributed by atoms with Crippen molar-refractivity contribution in [3.63, 3.8) is 0 Å². The van der Waals surface area contributed by atoms with Gasteiger partial charge in [-0.2, -0.15) is 9.90 Å². The minimum absolute atomic E-state index is 0. The van der Waals surface area contributed by atoms with Gasteiger partial charge in [-0.15, -0.1) is 0 Å². The van der Waals surface area contributed by atoms with Gasteiger partial charge >= 0.3 is 125 Å². The Morgan fingerprint density at radius 2 is 1.14 bits per heavy atom. The van der Waals surface area contributed by atoms with Crippen LogP contribution in [-0.2, 0) is 0 Å². The molecule has 0 radical (unpaired) electrons. The Kier molecular flexibility index (Phi) is 11.3. The number of nitrogens with zero attached hydrogens (tertiary/aromatic N) is 3. The number of hydrogen-bond donors (Lipinski definition) is 1. The minimum atomic E-state index is -2.84. The molecule has 0 aliphatic carbocycles. The van der Waals surface area contributed by atoms with Gasteiger partial charge in [-0.25, -0.2) is 0 Å². The van der Waals surface area contributed by atoms with E-state index in [0.29, 0.717) is 12.6 Å². The maximum absolute atomic E-state index is 11.6. The van der Waals surface area contributed by atoms with E-state index in [1.807, 2.05) is 0 Å². The Morgan fingerprint density at radius 3 is 1.33 bits per heavy atom. The van der Waals surface area contributed by atoms with Crippen LogP contribution in [0.4, 0.5) is 0 Å². The van der Waals surface area contributed by atoms with Crippen molar-refractivity contribution in [1.82, 2.24) is 9.34 Å². The van der Waals surface area contributed by atoms with E-state index < -0.39 is 7.79 Å². The molecule has 0 amide bonds. The largest absolute Gasteiger partial charge is 0.153 e. The number of rotatable bonds is 8. The summed E-state index contributed by atoms with van der Waals surface area (Å²) in [4.78, 5) is 11.6. The van der Waals surface area contributed by atoms with Crippen molar-refractivity contribution in [2.45, 2.75) is 86.0 Å². The first-order valence-electron chi connectivity index (χ1n) is 7.75. The van der Waals surface area contributed by atoms with Crippen LogP contribution in [-0.4, -0.2) is 44.6 Å². The SMILES string of the molecule is CC(C)N(C(C)C)[PH](O)(CCC#N)N(C(C)C)C(C)C.P. The Balaban J connectivity index is 0. The Bertz CT molecular complexity index is 291. The summed E-state index contributed by atoms with van der Waals surface area (Å²) < 4.78 is 4.51. The summed E-state index contributed by atoms with van der Waals surface area (Å²) in [6.07, 6.45) is 0.991. The van der Waals surface area contributed by atoms with E-state index in [0.717, 1.165) is 0 Å². The van der Waals surface area contributed by atoms with Gasteiger partial charge in [0.25, 0.3) is 0 Å². The molecular weight excluding hydrogens is 300 g/mol. The van der Waals surface area contributed by atoms with Gasteiger partial charge in [0.1, 0.15) is 0 Å². The molecule has 1 N–H and O–H groups in total. The molecule has 0 aliphatic rings. The average molecular weight is 337 g/mol. The zero-order valence-electron chi connectivity index (χ0n) is 15.2. The van der Waals surface area contributed by atoms with Gasteiger partial charge < -0.3 is 0 Å². The van der Waals surface area contributed by atoms with Crippen LogP contribution in [0.2, 0.25) is 0 Å². The van der Waals surface area contributed by atoms with Gasteiger partial charge in [0.2, 0.25) is 0 Å². The first-order valence-corrected chi connectivity index (χ1v) is 9.80. The maximum Gasteiger partial charge on any atom is -0.153 e. The predicted molar refractivity (Wildman–Crippen MR) is 101 cm³/mol. The summed E-state index contributed by atoms with van der Waals surface area (Å²) in [6, 6.07) is 3.29. The van der Waals surface area contributed by atoms with Gasteiger partial charge in [-0.3, -0.25) is 0 Å². The molecule has 0 aromatic carbocycles. The summed E-state index contributed by atoms with van der Waals surface area (Å²) in [5, 5.41) is 8.97. The summed E-state index contributed by atoms with van der Waals surface area (Å²) >= 11 is 0. The van der Waals surface area contributed by atoms with Gasteiger partial charge in [0, 0.05) is 0 Å². The van der Waals surface area contributed by atoms with Crippen molar-refractivity contribution in [2.75, 3.05) is 6.16 Å². The average Bonchev–Trinajstić information content (AvgIpc) is 2.23. The molecule has 0 fully saturated rings. The summed E-state index contributed by atoms with van der Waals surface area (Å²) in [5.41, 5.74) is 0. The van der Waals surface area contributed by atoms with Crippen LogP contribution in [0.5, 0.6) is 0 Å². The predicted octanol–water partition coefficient (Wildman–Crippen LogP) is 3.68. The Hall–Kier alpha value is 0.230. The Labute approximate surface area is 136 Å². The molecule has 1 unspecified atom stereocenters. The van der Waals surface area contributed by atoms with Crippen LogP contribution in [0.1, 0.15) is 61.8 Å². The van der Waals surface area contributed by atoms with Gasteiger partial charge in [-0.1, -0.05) is 0 Å². The molecule has 0 saturated heterocycles. The Morgan fingerprint density at radius 1 is 0.857 bits per heavy atom. The zero-order valence-corrected chi connectivity index (χ0v) is 17.6. The second kappa shape index (κ2) is 10.1. The van der Waals surface area contributed by atoms with E-state index in [4.69, 9.17) is 5.26 Å². The molecule has 0 rings (SSSR count). The fourth-order valence-electron chi connectivity index (χ4n) is 3.46. The fourth-order valence-corrected chi connectivity index (χ4v) is 8.00. The summed E-state index contributed by atoms with van der Waals surface area (Å²) in [6.45, 7) is 17.0. The maximum atomic E-state index is 11.6. The molecule has 1 atom stereocenters. The van der Waals surface area contributed by atoms with Crippen LogP contribution in [0.15, 0.2) is 0 Å². The first kappa shape index (κ1) is 23.5. The minimum Gasteiger partial charge on any atom is -0.153 e. The van der Waals surface area contributed by atoms with Crippen LogP contribution in [0, 0.1) is 11.3 Å². The van der Waals surface area contributed by atoms with E-state index in [9.17, 15) is 4.89 Å². The van der Waals surface area contributed by atoms with E-state index in [2.05, 4.69) is 70.8 Å². The van der Waals surface area contributed by atoms with Crippen LogP contribution in [0.3, 0.4) is 0 Å². The second-order valence-electron chi connectivity index (χ2n) is 6.62. The first-order chi connectivity index (χ1) is 9.09. The van der Waals surface area contributed by atoms with Crippen LogP contribution >= 0.6 is 17.7 Å². The van der Waals surface area contributed by atoms with E-state index >= 15 is 0 Å². The molecule has 6 heteroatoms. The monoisotopic (exact) mass is 337 g/mol. The second-order valence-corrected chi connectivity index (χ2v) is 9.70. The van der Waals surface area contributed by atoms with Crippen molar-refractivity contribution in [3.8, 4) is 6.07 Å². The van der Waals surface area contributed by atoms with Crippen molar-refractivity contribution < 1.29 is 4.89 Å². The van der Waals surface area contributed by atoms with Gasteiger partial charge in [0.05, 0.1) is 0 Å². The van der Waals surface area contributed by atoms with Crippen molar-refractivity contribution >= 4 is 17.7 Å². The molecule has 128 valence electrons. The van der Waals surface area contributed by atoms with Gasteiger partial charge in [-0.05, 0) is 0 Å². The zero-order chi connectivity index (χ0) is 16.1. The third kappa shape index (κ3) is 6.09. The number of hydrogen-bond acceptors (Lipinski definition) is 4. The molecule has 0 spiro atoms. The van der Waals surface area contributed by atoms with Crippen LogP contribution in [0.25, 0.3) is 0 Å². The van der Waals surface area contributed by atoms with Crippen LogP contribution < -0.4 is 0 Å². The number of nitriles is 1.